The normalized spacial score (nSPS) is 18.1. The van der Waals surface area contributed by atoms with Crippen LogP contribution in [0.5, 0.6) is 6.01 Å². The lowest BCUT2D eigenvalue weighted by molar-refractivity contribution is -0.255. The fraction of sp³-hybridized carbons (Fsp3) is 0.560. The summed E-state index contributed by atoms with van der Waals surface area (Å²) in [4.78, 5) is 31.1. The third kappa shape index (κ3) is 4.82. The number of benzene rings is 1. The standard InChI is InChI=1S/C25H34ClN5O5/c1-24(2)13-18(14-25(3,4)31(24)35)36-22-27-20-19(30(22)15-16-7-9-17(26)10-8-16)21(33)29(11-6-12-32)23(34)28(20)5/h7-10,18,32,35H,6,11-15H2,1-5H3. The summed E-state index contributed by atoms with van der Waals surface area (Å²) >= 11 is 6.07. The van der Waals surface area contributed by atoms with Gasteiger partial charge in [-0.15, -0.1) is 0 Å². The van der Waals surface area contributed by atoms with Crippen molar-refractivity contribution in [3.05, 3.63) is 55.7 Å². The van der Waals surface area contributed by atoms with Gasteiger partial charge in [0.1, 0.15) is 6.10 Å². The van der Waals surface area contributed by atoms with Crippen molar-refractivity contribution in [1.29, 1.82) is 0 Å². The van der Waals surface area contributed by atoms with Gasteiger partial charge in [-0.1, -0.05) is 23.7 Å². The molecule has 1 aliphatic heterocycles. The number of hydrogen-bond donors (Lipinski definition) is 2. The highest BCUT2D eigenvalue weighted by atomic mass is 35.5. The van der Waals surface area contributed by atoms with Gasteiger partial charge >= 0.3 is 5.69 Å². The second-order valence-corrected chi connectivity index (χ2v) is 11.2. The van der Waals surface area contributed by atoms with Crippen molar-refractivity contribution in [2.75, 3.05) is 6.61 Å². The summed E-state index contributed by atoms with van der Waals surface area (Å²) in [6, 6.07) is 7.50. The summed E-state index contributed by atoms with van der Waals surface area (Å²) in [7, 11) is 1.57. The van der Waals surface area contributed by atoms with Crippen molar-refractivity contribution < 1.29 is 15.1 Å². The number of rotatable bonds is 7. The smallest absolute Gasteiger partial charge is 0.332 e. The summed E-state index contributed by atoms with van der Waals surface area (Å²) in [6.45, 7) is 8.03. The van der Waals surface area contributed by atoms with E-state index >= 15 is 0 Å². The number of ether oxygens (including phenoxy) is 1. The summed E-state index contributed by atoms with van der Waals surface area (Å²) in [5.74, 6) is 0. The fourth-order valence-electron chi connectivity index (χ4n) is 5.20. The van der Waals surface area contributed by atoms with Crippen molar-refractivity contribution in [2.24, 2.45) is 7.05 Å². The van der Waals surface area contributed by atoms with Crippen molar-refractivity contribution in [1.82, 2.24) is 23.7 Å². The quantitative estimate of drug-likeness (QED) is 0.493. The Morgan fingerprint density at radius 2 is 1.69 bits per heavy atom. The first-order valence-electron chi connectivity index (χ1n) is 12.1. The number of fused-ring (bicyclic) bond motifs is 1. The summed E-state index contributed by atoms with van der Waals surface area (Å²) < 4.78 is 10.6. The molecule has 0 aliphatic carbocycles. The maximum Gasteiger partial charge on any atom is 0.332 e. The van der Waals surface area contributed by atoms with E-state index in [1.807, 2.05) is 39.8 Å². The zero-order chi connectivity index (χ0) is 26.4. The number of hydroxylamine groups is 2. The average molecular weight is 520 g/mol. The molecule has 3 aromatic rings. The molecule has 11 heteroatoms. The number of nitrogens with zero attached hydrogens (tertiary/aromatic N) is 5. The van der Waals surface area contributed by atoms with E-state index < -0.39 is 22.3 Å². The third-order valence-corrected chi connectivity index (χ3v) is 7.12. The molecule has 0 radical (unpaired) electrons. The molecule has 196 valence electrons. The van der Waals surface area contributed by atoms with Gasteiger partial charge in [0.25, 0.3) is 11.6 Å². The lowest BCUT2D eigenvalue weighted by atomic mass is 9.80. The fourth-order valence-corrected chi connectivity index (χ4v) is 5.32. The number of aryl methyl sites for hydroxylation is 1. The van der Waals surface area contributed by atoms with Crippen LogP contribution in [0.2, 0.25) is 5.02 Å². The first-order valence-corrected chi connectivity index (χ1v) is 12.4. The van der Waals surface area contributed by atoms with Gasteiger partial charge in [-0.05, 0) is 51.8 Å². The van der Waals surface area contributed by atoms with E-state index in [4.69, 9.17) is 16.3 Å². The Labute approximate surface area is 214 Å². The van der Waals surface area contributed by atoms with Crippen LogP contribution >= 0.6 is 11.6 Å². The Kier molecular flexibility index (Phi) is 7.09. The van der Waals surface area contributed by atoms with Crippen LogP contribution in [0.1, 0.15) is 52.5 Å². The predicted octanol–water partition coefficient (Wildman–Crippen LogP) is 2.77. The van der Waals surface area contributed by atoms with Gasteiger partial charge in [0.15, 0.2) is 11.2 Å². The summed E-state index contributed by atoms with van der Waals surface area (Å²) in [5.41, 5.74) is -0.703. The van der Waals surface area contributed by atoms with E-state index in [1.54, 1.807) is 23.7 Å². The molecule has 1 saturated heterocycles. The monoisotopic (exact) mass is 519 g/mol. The van der Waals surface area contributed by atoms with Gasteiger partial charge in [-0.25, -0.2) is 4.79 Å². The first kappa shape index (κ1) is 26.4. The van der Waals surface area contributed by atoms with Crippen LogP contribution < -0.4 is 16.0 Å². The SMILES string of the molecule is Cn1c(=O)n(CCCO)c(=O)c2c1nc(OC1CC(C)(C)N(O)C(C)(C)C1)n2Cc1ccc(Cl)cc1. The lowest BCUT2D eigenvalue weighted by Crippen LogP contribution is -2.61. The minimum Gasteiger partial charge on any atom is -0.461 e. The van der Waals surface area contributed by atoms with E-state index in [2.05, 4.69) is 4.98 Å². The van der Waals surface area contributed by atoms with Crippen LogP contribution in [0.15, 0.2) is 33.9 Å². The first-order chi connectivity index (χ1) is 16.9. The molecule has 0 unspecified atom stereocenters. The summed E-state index contributed by atoms with van der Waals surface area (Å²) in [6.07, 6.45) is 1.07. The summed E-state index contributed by atoms with van der Waals surface area (Å²) in [5, 5.41) is 21.9. The largest absolute Gasteiger partial charge is 0.461 e. The van der Waals surface area contributed by atoms with Crippen LogP contribution in [-0.2, 0) is 20.1 Å². The second kappa shape index (κ2) is 9.66. The van der Waals surface area contributed by atoms with Gasteiger partial charge in [0.2, 0.25) is 0 Å². The molecule has 0 spiro atoms. The zero-order valence-corrected chi connectivity index (χ0v) is 22.1. The van der Waals surface area contributed by atoms with E-state index in [0.29, 0.717) is 17.9 Å². The second-order valence-electron chi connectivity index (χ2n) is 10.7. The topological polar surface area (TPSA) is 115 Å². The molecular weight excluding hydrogens is 486 g/mol. The molecule has 2 aromatic heterocycles. The predicted molar refractivity (Wildman–Crippen MR) is 137 cm³/mol. The van der Waals surface area contributed by atoms with Crippen LogP contribution in [0.3, 0.4) is 0 Å². The Morgan fingerprint density at radius 1 is 1.08 bits per heavy atom. The van der Waals surface area contributed by atoms with Crippen molar-refractivity contribution >= 4 is 22.8 Å². The van der Waals surface area contributed by atoms with Crippen LogP contribution in [-0.4, -0.2) is 57.9 Å². The molecule has 4 rings (SSSR count). The molecule has 2 N–H and O–H groups in total. The van der Waals surface area contributed by atoms with Gasteiger partial charge in [-0.2, -0.15) is 10.0 Å². The van der Waals surface area contributed by atoms with Crippen molar-refractivity contribution in [2.45, 2.75) is 77.2 Å². The van der Waals surface area contributed by atoms with E-state index in [0.717, 1.165) is 10.1 Å². The molecule has 1 fully saturated rings. The number of hydrogen-bond acceptors (Lipinski definition) is 7. The number of aromatic nitrogens is 4. The molecule has 1 aromatic carbocycles. The molecule has 0 bridgehead atoms. The molecular formula is C25H34ClN5O5. The molecule has 3 heterocycles. The van der Waals surface area contributed by atoms with Gasteiger partial charge in [0.05, 0.1) is 6.54 Å². The maximum atomic E-state index is 13.5. The van der Waals surface area contributed by atoms with Crippen LogP contribution in [0.25, 0.3) is 11.2 Å². The molecule has 0 atom stereocenters. The van der Waals surface area contributed by atoms with E-state index in [-0.39, 0.29) is 49.4 Å². The number of piperidine rings is 1. The van der Waals surface area contributed by atoms with Crippen molar-refractivity contribution in [3.8, 4) is 6.01 Å². The van der Waals surface area contributed by atoms with Crippen LogP contribution in [0.4, 0.5) is 0 Å². The van der Waals surface area contributed by atoms with Gasteiger partial charge < -0.3 is 15.1 Å². The molecule has 10 nitrogen and oxygen atoms in total. The molecule has 36 heavy (non-hydrogen) atoms. The average Bonchev–Trinajstić information content (AvgIpc) is 3.15. The number of halogens is 1. The molecule has 0 amide bonds. The highest BCUT2D eigenvalue weighted by Crippen LogP contribution is 2.38. The van der Waals surface area contributed by atoms with Crippen LogP contribution in [0, 0.1) is 0 Å². The number of aliphatic hydroxyl groups excluding tert-OH is 1. The molecule has 1 aliphatic rings. The minimum absolute atomic E-state index is 0.0948. The Hall–Kier alpha value is -2.66. The number of aliphatic hydroxyl groups is 1. The third-order valence-electron chi connectivity index (χ3n) is 6.86. The van der Waals surface area contributed by atoms with Gasteiger partial charge in [-0.3, -0.25) is 18.5 Å². The Morgan fingerprint density at radius 3 is 2.28 bits per heavy atom. The number of imidazole rings is 1. The maximum absolute atomic E-state index is 13.5. The van der Waals surface area contributed by atoms with Gasteiger partial charge in [0, 0.05) is 49.1 Å². The highest BCUT2D eigenvalue weighted by molar-refractivity contribution is 6.30. The Balaban J connectivity index is 1.86. The van der Waals surface area contributed by atoms with E-state index in [1.165, 1.54) is 9.63 Å². The highest BCUT2D eigenvalue weighted by Gasteiger charge is 2.46. The molecule has 0 saturated carbocycles. The Bertz CT molecular complexity index is 1350. The minimum atomic E-state index is -0.538. The van der Waals surface area contributed by atoms with E-state index in [9.17, 15) is 19.9 Å². The van der Waals surface area contributed by atoms with Crippen molar-refractivity contribution in [3.63, 3.8) is 0 Å². The zero-order valence-electron chi connectivity index (χ0n) is 21.4. The lowest BCUT2D eigenvalue weighted by Gasteiger charge is -2.50.